The highest BCUT2D eigenvalue weighted by Crippen LogP contribution is 2.39. The summed E-state index contributed by atoms with van der Waals surface area (Å²) in [4.78, 5) is 19.1. The van der Waals surface area contributed by atoms with Gasteiger partial charge in [0.15, 0.2) is 5.82 Å². The topological polar surface area (TPSA) is 81.6 Å². The van der Waals surface area contributed by atoms with E-state index in [0.717, 1.165) is 12.8 Å². The molecule has 128 valence electrons. The van der Waals surface area contributed by atoms with Crippen LogP contribution in [0.15, 0.2) is 21.3 Å². The van der Waals surface area contributed by atoms with E-state index in [1.54, 1.807) is 12.3 Å². The second-order valence-corrected chi connectivity index (χ2v) is 6.58. The molecule has 2 aromatic heterocycles. The van der Waals surface area contributed by atoms with Crippen LogP contribution in [0.5, 0.6) is 0 Å². The molecule has 0 unspecified atom stereocenters. The Kier molecular flexibility index (Phi) is 3.88. The Labute approximate surface area is 140 Å². The third-order valence-electron chi connectivity index (χ3n) is 5.11. The highest BCUT2D eigenvalue weighted by atomic mass is 16.5. The molecule has 0 saturated carbocycles. The summed E-state index contributed by atoms with van der Waals surface area (Å²) in [5.74, 6) is 2.32. The number of amides is 1. The summed E-state index contributed by atoms with van der Waals surface area (Å²) in [6, 6.07) is 1.74. The largest absolute Gasteiger partial charge is 0.469 e. The van der Waals surface area contributed by atoms with E-state index in [-0.39, 0.29) is 23.8 Å². The van der Waals surface area contributed by atoms with Gasteiger partial charge < -0.3 is 18.6 Å². The molecule has 0 aliphatic carbocycles. The van der Waals surface area contributed by atoms with E-state index >= 15 is 0 Å². The van der Waals surface area contributed by atoms with Crippen LogP contribution in [-0.4, -0.2) is 46.7 Å². The molecule has 0 aromatic carbocycles. The highest BCUT2D eigenvalue weighted by Gasteiger charge is 2.42. The van der Waals surface area contributed by atoms with Crippen molar-refractivity contribution in [1.29, 1.82) is 0 Å². The van der Waals surface area contributed by atoms with Crippen molar-refractivity contribution in [1.82, 2.24) is 15.0 Å². The van der Waals surface area contributed by atoms with Crippen LogP contribution >= 0.6 is 0 Å². The molecule has 2 saturated heterocycles. The fourth-order valence-electron chi connectivity index (χ4n) is 3.85. The maximum atomic E-state index is 12.8. The number of hydrogen-bond acceptors (Lipinski definition) is 6. The molecular weight excluding hydrogens is 310 g/mol. The summed E-state index contributed by atoms with van der Waals surface area (Å²) < 4.78 is 16.6. The second-order valence-electron chi connectivity index (χ2n) is 6.58. The summed E-state index contributed by atoms with van der Waals surface area (Å²) in [5, 5.41) is 3.92. The van der Waals surface area contributed by atoms with Gasteiger partial charge >= 0.3 is 0 Å². The maximum absolute atomic E-state index is 12.8. The maximum Gasteiger partial charge on any atom is 0.257 e. The highest BCUT2D eigenvalue weighted by molar-refractivity contribution is 5.95. The first-order chi connectivity index (χ1) is 11.6. The Hall–Kier alpha value is -2.15. The van der Waals surface area contributed by atoms with Gasteiger partial charge in [-0.05, 0) is 32.8 Å². The lowest BCUT2D eigenvalue weighted by Gasteiger charge is -2.43. The number of carbonyl (C=O) groups excluding carboxylic acids is 1. The van der Waals surface area contributed by atoms with Gasteiger partial charge in [0.05, 0.1) is 17.9 Å². The van der Waals surface area contributed by atoms with Crippen molar-refractivity contribution in [3.05, 3.63) is 35.4 Å². The molecule has 4 heterocycles. The van der Waals surface area contributed by atoms with Crippen LogP contribution in [0, 0.1) is 19.8 Å². The van der Waals surface area contributed by atoms with Gasteiger partial charge in [0, 0.05) is 31.5 Å². The van der Waals surface area contributed by atoms with E-state index in [2.05, 4.69) is 10.1 Å². The number of piperidine rings is 1. The SMILES string of the molecule is Cc1noc([C@@H]2CCO[C@@H]3CCN(C(=O)c4ccoc4C)C[C@@H]32)n1. The van der Waals surface area contributed by atoms with Gasteiger partial charge in [-0.15, -0.1) is 0 Å². The molecule has 3 atom stereocenters. The van der Waals surface area contributed by atoms with E-state index in [0.29, 0.717) is 42.7 Å². The first-order valence-electron chi connectivity index (χ1n) is 8.38. The fourth-order valence-corrected chi connectivity index (χ4v) is 3.85. The Bertz CT molecular complexity index is 738. The molecule has 0 radical (unpaired) electrons. The number of rotatable bonds is 2. The summed E-state index contributed by atoms with van der Waals surface area (Å²) >= 11 is 0. The van der Waals surface area contributed by atoms with Crippen LogP contribution in [0.3, 0.4) is 0 Å². The molecule has 2 aromatic rings. The molecule has 2 aliphatic heterocycles. The zero-order valence-electron chi connectivity index (χ0n) is 13.9. The second kappa shape index (κ2) is 6.05. The van der Waals surface area contributed by atoms with Crippen LogP contribution < -0.4 is 0 Å². The lowest BCUT2D eigenvalue weighted by Crippen LogP contribution is -2.51. The monoisotopic (exact) mass is 331 g/mol. The van der Waals surface area contributed by atoms with Crippen LogP contribution in [0.1, 0.15) is 46.6 Å². The molecule has 2 aliphatic rings. The third-order valence-corrected chi connectivity index (χ3v) is 5.11. The molecule has 2 fully saturated rings. The number of carbonyl (C=O) groups is 1. The predicted octanol–water partition coefficient (Wildman–Crippen LogP) is 2.31. The zero-order valence-corrected chi connectivity index (χ0v) is 13.9. The van der Waals surface area contributed by atoms with E-state index in [9.17, 15) is 4.79 Å². The average molecular weight is 331 g/mol. The van der Waals surface area contributed by atoms with Crippen molar-refractivity contribution < 1.29 is 18.5 Å². The number of furan rings is 1. The summed E-state index contributed by atoms with van der Waals surface area (Å²) in [6.45, 7) is 5.67. The number of likely N-dealkylation sites (tertiary alicyclic amines) is 1. The van der Waals surface area contributed by atoms with Crippen molar-refractivity contribution in [2.75, 3.05) is 19.7 Å². The Morgan fingerprint density at radius 1 is 1.33 bits per heavy atom. The molecule has 7 nitrogen and oxygen atoms in total. The molecule has 0 N–H and O–H groups in total. The molecule has 4 rings (SSSR count). The van der Waals surface area contributed by atoms with Gasteiger partial charge in [-0.1, -0.05) is 5.16 Å². The summed E-state index contributed by atoms with van der Waals surface area (Å²) in [6.07, 6.45) is 3.38. The minimum absolute atomic E-state index is 0.0192. The third kappa shape index (κ3) is 2.62. The van der Waals surface area contributed by atoms with Crippen LogP contribution in [0.25, 0.3) is 0 Å². The van der Waals surface area contributed by atoms with Gasteiger partial charge in [0.1, 0.15) is 5.76 Å². The predicted molar refractivity (Wildman–Crippen MR) is 83.6 cm³/mol. The van der Waals surface area contributed by atoms with Crippen LogP contribution in [-0.2, 0) is 4.74 Å². The van der Waals surface area contributed by atoms with Gasteiger partial charge in [-0.25, -0.2) is 0 Å². The standard InChI is InChI=1S/C17H21N3O4/c1-10-12(4-7-22-10)17(21)20-6-3-15-14(9-20)13(5-8-23-15)16-18-11(2)19-24-16/h4,7,13-15H,3,5-6,8-9H2,1-2H3/t13-,14-,15-/m1/s1. The van der Waals surface area contributed by atoms with E-state index in [4.69, 9.17) is 13.7 Å². The molecule has 24 heavy (non-hydrogen) atoms. The van der Waals surface area contributed by atoms with Crippen LogP contribution in [0.2, 0.25) is 0 Å². The number of nitrogens with zero attached hydrogens (tertiary/aromatic N) is 3. The van der Waals surface area contributed by atoms with Crippen LogP contribution in [0.4, 0.5) is 0 Å². The quantitative estimate of drug-likeness (QED) is 0.840. The first-order valence-corrected chi connectivity index (χ1v) is 8.38. The summed E-state index contributed by atoms with van der Waals surface area (Å²) in [5.41, 5.74) is 0.635. The van der Waals surface area contributed by atoms with Crippen molar-refractivity contribution >= 4 is 5.91 Å². The average Bonchev–Trinajstić information content (AvgIpc) is 3.21. The van der Waals surface area contributed by atoms with Crippen molar-refractivity contribution in [2.45, 2.75) is 38.7 Å². The Morgan fingerprint density at radius 2 is 2.21 bits per heavy atom. The Balaban J connectivity index is 1.56. The van der Waals surface area contributed by atoms with Gasteiger partial charge in [0.25, 0.3) is 5.91 Å². The first kappa shape index (κ1) is 15.4. The molecule has 1 amide bonds. The van der Waals surface area contributed by atoms with Crippen molar-refractivity contribution in [3.63, 3.8) is 0 Å². The number of aryl methyl sites for hydroxylation is 2. The Morgan fingerprint density at radius 3 is 2.92 bits per heavy atom. The van der Waals surface area contributed by atoms with E-state index < -0.39 is 0 Å². The number of ether oxygens (including phenoxy) is 1. The molecule has 7 heteroatoms. The molecule has 0 spiro atoms. The zero-order chi connectivity index (χ0) is 16.7. The smallest absolute Gasteiger partial charge is 0.257 e. The normalized spacial score (nSPS) is 27.1. The lowest BCUT2D eigenvalue weighted by atomic mass is 9.79. The number of hydrogen-bond donors (Lipinski definition) is 0. The van der Waals surface area contributed by atoms with Gasteiger partial charge in [-0.2, -0.15) is 4.98 Å². The van der Waals surface area contributed by atoms with Gasteiger partial charge in [0.2, 0.25) is 5.89 Å². The summed E-state index contributed by atoms with van der Waals surface area (Å²) in [7, 11) is 0. The molecular formula is C17H21N3O4. The van der Waals surface area contributed by atoms with Gasteiger partial charge in [-0.3, -0.25) is 4.79 Å². The minimum atomic E-state index is 0.0192. The number of aromatic nitrogens is 2. The lowest BCUT2D eigenvalue weighted by molar-refractivity contribution is -0.0756. The van der Waals surface area contributed by atoms with Crippen molar-refractivity contribution in [2.24, 2.45) is 5.92 Å². The number of fused-ring (bicyclic) bond motifs is 1. The molecule has 0 bridgehead atoms. The van der Waals surface area contributed by atoms with Crippen molar-refractivity contribution in [3.8, 4) is 0 Å². The van der Waals surface area contributed by atoms with E-state index in [1.807, 2.05) is 18.7 Å². The fraction of sp³-hybridized carbons (Fsp3) is 0.588. The van der Waals surface area contributed by atoms with E-state index in [1.165, 1.54) is 0 Å². The minimum Gasteiger partial charge on any atom is -0.469 e.